The lowest BCUT2D eigenvalue weighted by Crippen LogP contribution is -2.47. The highest BCUT2D eigenvalue weighted by Gasteiger charge is 2.31. The zero-order valence-corrected chi connectivity index (χ0v) is 15.4. The molecule has 6 heteroatoms. The maximum atomic E-state index is 5.49. The molecule has 2 heterocycles. The van der Waals surface area contributed by atoms with Gasteiger partial charge in [0.2, 0.25) is 0 Å². The van der Waals surface area contributed by atoms with E-state index in [0.29, 0.717) is 0 Å². The van der Waals surface area contributed by atoms with Crippen LogP contribution in [0.4, 0.5) is 0 Å². The van der Waals surface area contributed by atoms with Crippen LogP contribution in [0, 0.1) is 0 Å². The number of aryl methyl sites for hydroxylation is 1. The molecule has 1 aromatic heterocycles. The Balaban J connectivity index is 1.81. The summed E-state index contributed by atoms with van der Waals surface area (Å²) < 4.78 is 5.76. The topological polar surface area (TPSA) is 45.7 Å². The second kappa shape index (κ2) is 8.79. The quantitative estimate of drug-likeness (QED) is 0.617. The van der Waals surface area contributed by atoms with E-state index >= 15 is 0 Å². The third-order valence-electron chi connectivity index (χ3n) is 4.13. The minimum atomic E-state index is 0.272. The third-order valence-corrected chi connectivity index (χ3v) is 6.78. The fourth-order valence-electron chi connectivity index (χ4n) is 2.54. The van der Waals surface area contributed by atoms with Gasteiger partial charge in [-0.25, -0.2) is 0 Å². The predicted molar refractivity (Wildman–Crippen MR) is 98.2 cm³/mol. The first kappa shape index (κ1) is 17.6. The number of ether oxygens (including phenoxy) is 1. The lowest BCUT2D eigenvalue weighted by Gasteiger charge is -2.36. The van der Waals surface area contributed by atoms with Gasteiger partial charge in [-0.1, -0.05) is 6.92 Å². The molecule has 0 saturated carbocycles. The van der Waals surface area contributed by atoms with Crippen LogP contribution in [0.15, 0.2) is 17.1 Å². The first-order chi connectivity index (χ1) is 10.7. The summed E-state index contributed by atoms with van der Waals surface area (Å²) in [5.41, 5.74) is 0. The van der Waals surface area contributed by atoms with Crippen LogP contribution in [-0.4, -0.2) is 43.8 Å². The zero-order valence-electron chi connectivity index (χ0n) is 13.8. The Morgan fingerprint density at radius 1 is 1.32 bits per heavy atom. The first-order valence-corrected chi connectivity index (χ1v) is 9.90. The molecule has 0 spiro atoms. The summed E-state index contributed by atoms with van der Waals surface area (Å²) in [5.74, 6) is 0.881. The lowest BCUT2D eigenvalue weighted by molar-refractivity contribution is 0.0783. The normalized spacial score (nSPS) is 18.2. The number of nitrogens with one attached hydrogen (secondary N) is 2. The summed E-state index contributed by atoms with van der Waals surface area (Å²) in [6, 6.07) is 4.41. The van der Waals surface area contributed by atoms with Gasteiger partial charge in [0.25, 0.3) is 0 Å². The van der Waals surface area contributed by atoms with Gasteiger partial charge in [0, 0.05) is 41.3 Å². The first-order valence-electron chi connectivity index (χ1n) is 7.86. The van der Waals surface area contributed by atoms with E-state index in [1.54, 1.807) is 0 Å². The Labute approximate surface area is 142 Å². The van der Waals surface area contributed by atoms with Gasteiger partial charge in [-0.15, -0.1) is 11.3 Å². The number of thioether (sulfide) groups is 1. The van der Waals surface area contributed by atoms with Crippen molar-refractivity contribution in [2.24, 2.45) is 4.99 Å². The summed E-state index contributed by atoms with van der Waals surface area (Å²) in [6.45, 7) is 5.69. The highest BCUT2D eigenvalue weighted by atomic mass is 32.2. The SMILES string of the molecule is CCc1ccc(CNC(=NC)NCC2(SC)CCOCC2)s1. The van der Waals surface area contributed by atoms with Gasteiger partial charge >= 0.3 is 0 Å². The minimum absolute atomic E-state index is 0.272. The predicted octanol–water partition coefficient (Wildman–Crippen LogP) is 2.89. The number of nitrogens with zero attached hydrogens (tertiary/aromatic N) is 1. The van der Waals surface area contributed by atoms with Crippen LogP contribution >= 0.6 is 23.1 Å². The van der Waals surface area contributed by atoms with Gasteiger partial charge in [-0.2, -0.15) is 11.8 Å². The monoisotopic (exact) mass is 341 g/mol. The van der Waals surface area contributed by atoms with Gasteiger partial charge in [0.1, 0.15) is 0 Å². The minimum Gasteiger partial charge on any atom is -0.381 e. The smallest absolute Gasteiger partial charge is 0.191 e. The fraction of sp³-hybridized carbons (Fsp3) is 0.688. The van der Waals surface area contributed by atoms with Crippen LogP contribution in [0.25, 0.3) is 0 Å². The average Bonchev–Trinajstić information content (AvgIpc) is 3.04. The second-order valence-electron chi connectivity index (χ2n) is 5.50. The van der Waals surface area contributed by atoms with Gasteiger partial charge in [0.15, 0.2) is 5.96 Å². The number of aliphatic imine (C=N–C) groups is 1. The van der Waals surface area contributed by atoms with E-state index in [1.165, 1.54) is 9.75 Å². The van der Waals surface area contributed by atoms with Crippen molar-refractivity contribution in [3.05, 3.63) is 21.9 Å². The van der Waals surface area contributed by atoms with Crippen molar-refractivity contribution >= 4 is 29.1 Å². The molecule has 0 bridgehead atoms. The van der Waals surface area contributed by atoms with Crippen molar-refractivity contribution in [2.45, 2.75) is 37.5 Å². The number of guanidine groups is 1. The maximum Gasteiger partial charge on any atom is 0.191 e. The van der Waals surface area contributed by atoms with Crippen molar-refractivity contribution in [2.75, 3.05) is 33.1 Å². The molecule has 2 rings (SSSR count). The average molecular weight is 342 g/mol. The van der Waals surface area contributed by atoms with E-state index in [9.17, 15) is 0 Å². The number of hydrogen-bond acceptors (Lipinski definition) is 4. The van der Waals surface area contributed by atoms with Crippen LogP contribution < -0.4 is 10.6 Å². The van der Waals surface area contributed by atoms with E-state index in [4.69, 9.17) is 4.74 Å². The van der Waals surface area contributed by atoms with Crippen molar-refractivity contribution in [1.82, 2.24) is 10.6 Å². The molecule has 2 N–H and O–H groups in total. The van der Waals surface area contributed by atoms with E-state index in [-0.39, 0.29) is 4.75 Å². The molecule has 0 atom stereocenters. The van der Waals surface area contributed by atoms with Gasteiger partial charge in [-0.3, -0.25) is 4.99 Å². The molecule has 1 aromatic rings. The van der Waals surface area contributed by atoms with Crippen LogP contribution in [0.3, 0.4) is 0 Å². The van der Waals surface area contributed by atoms with Crippen LogP contribution in [0.5, 0.6) is 0 Å². The summed E-state index contributed by atoms with van der Waals surface area (Å²) in [6.07, 6.45) is 5.50. The molecule has 1 aliphatic heterocycles. The maximum absolute atomic E-state index is 5.49. The molecule has 0 unspecified atom stereocenters. The zero-order chi connectivity index (χ0) is 15.8. The van der Waals surface area contributed by atoms with Crippen molar-refractivity contribution in [3.63, 3.8) is 0 Å². The van der Waals surface area contributed by atoms with Crippen LogP contribution in [0.1, 0.15) is 29.5 Å². The summed E-state index contributed by atoms with van der Waals surface area (Å²) >= 11 is 3.81. The molecule has 0 aromatic carbocycles. The Morgan fingerprint density at radius 2 is 2.05 bits per heavy atom. The number of hydrogen-bond donors (Lipinski definition) is 2. The van der Waals surface area contributed by atoms with E-state index in [1.807, 2.05) is 30.1 Å². The molecule has 124 valence electrons. The molecule has 1 fully saturated rings. The number of rotatable bonds is 6. The highest BCUT2D eigenvalue weighted by Crippen LogP contribution is 2.32. The van der Waals surface area contributed by atoms with Crippen LogP contribution in [-0.2, 0) is 17.7 Å². The molecule has 0 radical (unpaired) electrons. The largest absolute Gasteiger partial charge is 0.381 e. The Kier molecular flexibility index (Phi) is 7.05. The van der Waals surface area contributed by atoms with Gasteiger partial charge in [0.05, 0.1) is 6.54 Å². The molecule has 1 aliphatic rings. The molecule has 0 amide bonds. The lowest BCUT2D eigenvalue weighted by atomic mass is 9.99. The molecule has 1 saturated heterocycles. The third kappa shape index (κ3) is 4.89. The Bertz CT molecular complexity index is 481. The molecule has 0 aliphatic carbocycles. The van der Waals surface area contributed by atoms with E-state index in [0.717, 1.165) is 51.5 Å². The Morgan fingerprint density at radius 3 is 2.64 bits per heavy atom. The van der Waals surface area contributed by atoms with Crippen molar-refractivity contribution in [3.8, 4) is 0 Å². The van der Waals surface area contributed by atoms with E-state index < -0.39 is 0 Å². The summed E-state index contributed by atoms with van der Waals surface area (Å²) in [7, 11) is 1.83. The number of thiophene rings is 1. The van der Waals surface area contributed by atoms with Crippen molar-refractivity contribution < 1.29 is 4.74 Å². The Hall–Kier alpha value is -0.720. The van der Waals surface area contributed by atoms with Crippen LogP contribution in [0.2, 0.25) is 0 Å². The summed E-state index contributed by atoms with van der Waals surface area (Å²) in [5, 5.41) is 6.90. The molecule has 4 nitrogen and oxygen atoms in total. The molecular weight excluding hydrogens is 314 g/mol. The standard InChI is InChI=1S/C16H27N3OS2/c1-4-13-5-6-14(22-13)11-18-15(17-2)19-12-16(21-3)7-9-20-10-8-16/h5-6H,4,7-12H2,1-3H3,(H2,17,18,19). The van der Waals surface area contributed by atoms with E-state index in [2.05, 4.69) is 40.9 Å². The second-order valence-corrected chi connectivity index (χ2v) is 8.03. The van der Waals surface area contributed by atoms with Gasteiger partial charge < -0.3 is 15.4 Å². The van der Waals surface area contributed by atoms with Gasteiger partial charge in [-0.05, 0) is 37.7 Å². The van der Waals surface area contributed by atoms with Crippen molar-refractivity contribution in [1.29, 1.82) is 0 Å². The highest BCUT2D eigenvalue weighted by molar-refractivity contribution is 8.00. The molecular formula is C16H27N3OS2. The fourth-order valence-corrected chi connectivity index (χ4v) is 4.23. The summed E-state index contributed by atoms with van der Waals surface area (Å²) in [4.78, 5) is 7.12. The molecule has 22 heavy (non-hydrogen) atoms.